The predicted molar refractivity (Wildman–Crippen MR) is 94.5 cm³/mol. The number of nitrogens with zero attached hydrogens (tertiary/aromatic N) is 1. The van der Waals surface area contributed by atoms with Crippen LogP contribution >= 0.6 is 0 Å². The maximum atomic E-state index is 12.6. The van der Waals surface area contributed by atoms with E-state index >= 15 is 0 Å². The molecule has 6 nitrogen and oxygen atoms in total. The molecule has 1 saturated heterocycles. The van der Waals surface area contributed by atoms with Crippen LogP contribution in [0.15, 0.2) is 47.4 Å². The van der Waals surface area contributed by atoms with Gasteiger partial charge in [0.15, 0.2) is 0 Å². The van der Waals surface area contributed by atoms with Gasteiger partial charge in [-0.15, -0.1) is 0 Å². The van der Waals surface area contributed by atoms with Crippen molar-refractivity contribution in [3.8, 4) is 5.75 Å². The third kappa shape index (κ3) is 3.07. The van der Waals surface area contributed by atoms with Gasteiger partial charge in [0.1, 0.15) is 5.75 Å². The van der Waals surface area contributed by atoms with E-state index in [0.717, 1.165) is 29.8 Å². The lowest BCUT2D eigenvalue weighted by Gasteiger charge is -2.16. The molecule has 2 heterocycles. The maximum Gasteiger partial charge on any atom is 0.261 e. The molecule has 2 aromatic carbocycles. The van der Waals surface area contributed by atoms with Crippen molar-refractivity contribution in [3.05, 3.63) is 48.0 Å². The fourth-order valence-corrected chi connectivity index (χ4v) is 4.28. The Morgan fingerprint density at radius 3 is 2.56 bits per heavy atom. The van der Waals surface area contributed by atoms with Crippen molar-refractivity contribution in [3.63, 3.8) is 0 Å². The molecule has 1 amide bonds. The van der Waals surface area contributed by atoms with Crippen LogP contribution in [0.3, 0.4) is 0 Å². The highest BCUT2D eigenvalue weighted by Gasteiger charge is 2.22. The molecule has 4 rings (SSSR count). The molecule has 25 heavy (non-hydrogen) atoms. The van der Waals surface area contributed by atoms with Gasteiger partial charge in [-0.3, -0.25) is 9.52 Å². The second-order valence-corrected chi connectivity index (χ2v) is 7.85. The average Bonchev–Trinajstić information content (AvgIpc) is 3.23. The highest BCUT2D eigenvalue weighted by atomic mass is 32.2. The number of anilines is 2. The fraction of sp³-hybridized carbons (Fsp3) is 0.278. The van der Waals surface area contributed by atoms with Gasteiger partial charge in [-0.25, -0.2) is 8.42 Å². The van der Waals surface area contributed by atoms with E-state index in [9.17, 15) is 13.2 Å². The van der Waals surface area contributed by atoms with E-state index in [1.165, 1.54) is 0 Å². The predicted octanol–water partition coefficient (Wildman–Crippen LogP) is 2.55. The van der Waals surface area contributed by atoms with E-state index in [2.05, 4.69) is 4.72 Å². The number of amides is 1. The van der Waals surface area contributed by atoms with Crippen molar-refractivity contribution in [1.29, 1.82) is 0 Å². The number of hydrogen-bond donors (Lipinski definition) is 1. The van der Waals surface area contributed by atoms with Gasteiger partial charge >= 0.3 is 0 Å². The first-order valence-electron chi connectivity index (χ1n) is 8.22. The summed E-state index contributed by atoms with van der Waals surface area (Å²) in [5, 5.41) is 0. The van der Waals surface area contributed by atoms with Crippen molar-refractivity contribution in [2.24, 2.45) is 0 Å². The van der Waals surface area contributed by atoms with Crippen molar-refractivity contribution < 1.29 is 17.9 Å². The number of carbonyl (C=O) groups excluding carboxylic acids is 1. The summed E-state index contributed by atoms with van der Waals surface area (Å²) in [4.78, 5) is 13.7. The van der Waals surface area contributed by atoms with E-state index in [1.807, 2.05) is 0 Å². The van der Waals surface area contributed by atoms with Gasteiger partial charge < -0.3 is 9.64 Å². The molecule has 2 aliphatic rings. The number of rotatable bonds is 4. The SMILES string of the molecule is O=C1CCCN1c1ccc(NS(=O)(=O)c2ccc3c(c2)CCO3)cc1. The van der Waals surface area contributed by atoms with Crippen LogP contribution in [0, 0.1) is 0 Å². The van der Waals surface area contributed by atoms with Gasteiger partial charge in [0.05, 0.1) is 11.5 Å². The first-order valence-corrected chi connectivity index (χ1v) is 9.70. The number of nitrogens with one attached hydrogen (secondary N) is 1. The monoisotopic (exact) mass is 358 g/mol. The minimum Gasteiger partial charge on any atom is -0.493 e. The lowest BCUT2D eigenvalue weighted by atomic mass is 10.2. The molecule has 0 atom stereocenters. The Morgan fingerprint density at radius 2 is 1.84 bits per heavy atom. The average molecular weight is 358 g/mol. The zero-order chi connectivity index (χ0) is 17.4. The lowest BCUT2D eigenvalue weighted by Crippen LogP contribution is -2.23. The van der Waals surface area contributed by atoms with Crippen LogP contribution in [0.2, 0.25) is 0 Å². The zero-order valence-electron chi connectivity index (χ0n) is 13.6. The molecule has 1 fully saturated rings. The quantitative estimate of drug-likeness (QED) is 0.911. The van der Waals surface area contributed by atoms with Crippen LogP contribution in [-0.2, 0) is 21.2 Å². The molecule has 0 saturated carbocycles. The highest BCUT2D eigenvalue weighted by Crippen LogP contribution is 2.29. The molecule has 0 aromatic heterocycles. The Labute approximate surface area is 146 Å². The molecular formula is C18H18N2O4S. The van der Waals surface area contributed by atoms with E-state index in [-0.39, 0.29) is 10.8 Å². The van der Waals surface area contributed by atoms with Crippen LogP contribution in [0.5, 0.6) is 5.75 Å². The van der Waals surface area contributed by atoms with Crippen LogP contribution in [0.4, 0.5) is 11.4 Å². The van der Waals surface area contributed by atoms with Crippen LogP contribution in [0.25, 0.3) is 0 Å². The van der Waals surface area contributed by atoms with Crippen molar-refractivity contribution in [2.75, 3.05) is 22.8 Å². The second-order valence-electron chi connectivity index (χ2n) is 6.17. The summed E-state index contributed by atoms with van der Waals surface area (Å²) < 4.78 is 33.1. The first-order chi connectivity index (χ1) is 12.0. The summed E-state index contributed by atoms with van der Waals surface area (Å²) in [5.41, 5.74) is 2.16. The van der Waals surface area contributed by atoms with Gasteiger partial charge in [-0.2, -0.15) is 0 Å². The van der Waals surface area contributed by atoms with Gasteiger partial charge in [-0.1, -0.05) is 0 Å². The van der Waals surface area contributed by atoms with Crippen molar-refractivity contribution >= 4 is 27.3 Å². The second kappa shape index (κ2) is 6.07. The number of fused-ring (bicyclic) bond motifs is 1. The van der Waals surface area contributed by atoms with Crippen LogP contribution in [-0.4, -0.2) is 27.5 Å². The maximum absolute atomic E-state index is 12.6. The summed E-state index contributed by atoms with van der Waals surface area (Å²) >= 11 is 0. The van der Waals surface area contributed by atoms with E-state index in [0.29, 0.717) is 25.3 Å². The van der Waals surface area contributed by atoms with Crippen LogP contribution < -0.4 is 14.4 Å². The smallest absolute Gasteiger partial charge is 0.261 e. The first kappa shape index (κ1) is 16.0. The van der Waals surface area contributed by atoms with E-state index < -0.39 is 10.0 Å². The molecular weight excluding hydrogens is 340 g/mol. The Balaban J connectivity index is 1.53. The third-order valence-corrected chi connectivity index (χ3v) is 5.85. The number of carbonyl (C=O) groups is 1. The van der Waals surface area contributed by atoms with E-state index in [1.54, 1.807) is 47.4 Å². The molecule has 2 aromatic rings. The molecule has 0 unspecified atom stereocenters. The zero-order valence-corrected chi connectivity index (χ0v) is 14.4. The lowest BCUT2D eigenvalue weighted by molar-refractivity contribution is -0.117. The standard InChI is InChI=1S/C18H18N2O4S/c21-18-2-1-10-20(18)15-5-3-14(4-6-15)19-25(22,23)16-7-8-17-13(12-16)9-11-24-17/h3-8,12,19H,1-2,9-11H2. The molecule has 0 spiro atoms. The Bertz CT molecular complexity index is 923. The number of hydrogen-bond acceptors (Lipinski definition) is 4. The Kier molecular flexibility index (Phi) is 3.88. The van der Waals surface area contributed by atoms with Crippen molar-refractivity contribution in [1.82, 2.24) is 0 Å². The minimum absolute atomic E-state index is 0.105. The topological polar surface area (TPSA) is 75.7 Å². The van der Waals surface area contributed by atoms with Gasteiger partial charge in [0.25, 0.3) is 10.0 Å². The number of ether oxygens (including phenoxy) is 1. The molecule has 0 radical (unpaired) electrons. The molecule has 0 bridgehead atoms. The summed E-state index contributed by atoms with van der Waals surface area (Å²) in [6, 6.07) is 11.8. The Hall–Kier alpha value is -2.54. The van der Waals surface area contributed by atoms with Gasteiger partial charge in [0.2, 0.25) is 5.91 Å². The van der Waals surface area contributed by atoms with Gasteiger partial charge in [-0.05, 0) is 54.4 Å². The van der Waals surface area contributed by atoms with Gasteiger partial charge in [0, 0.05) is 30.8 Å². The number of sulfonamides is 1. The molecule has 130 valence electrons. The normalized spacial score (nSPS) is 16.6. The third-order valence-electron chi connectivity index (χ3n) is 4.48. The molecule has 7 heteroatoms. The van der Waals surface area contributed by atoms with Crippen LogP contribution in [0.1, 0.15) is 18.4 Å². The molecule has 0 aliphatic carbocycles. The van der Waals surface area contributed by atoms with Crippen molar-refractivity contribution in [2.45, 2.75) is 24.2 Å². The minimum atomic E-state index is -3.66. The highest BCUT2D eigenvalue weighted by molar-refractivity contribution is 7.92. The summed E-state index contributed by atoms with van der Waals surface area (Å²) in [6.07, 6.45) is 2.14. The Morgan fingerprint density at radius 1 is 1.04 bits per heavy atom. The molecule has 2 aliphatic heterocycles. The summed E-state index contributed by atoms with van der Waals surface area (Å²) in [5.74, 6) is 0.854. The molecule has 1 N–H and O–H groups in total. The largest absolute Gasteiger partial charge is 0.493 e. The van der Waals surface area contributed by atoms with E-state index in [4.69, 9.17) is 4.74 Å². The number of benzene rings is 2. The summed E-state index contributed by atoms with van der Waals surface area (Å²) in [7, 11) is -3.66. The summed E-state index contributed by atoms with van der Waals surface area (Å²) in [6.45, 7) is 1.30. The fourth-order valence-electron chi connectivity index (χ4n) is 3.17.